The highest BCUT2D eigenvalue weighted by Crippen LogP contribution is 2.31. The predicted octanol–water partition coefficient (Wildman–Crippen LogP) is 5.30. The average molecular weight is 420 g/mol. The zero-order valence-corrected chi connectivity index (χ0v) is 18.7. The van der Waals surface area contributed by atoms with Crippen molar-refractivity contribution in [1.82, 2.24) is 9.97 Å². The summed E-state index contributed by atoms with van der Waals surface area (Å²) in [4.78, 5) is 27.5. The Balaban J connectivity index is 1.95. The van der Waals surface area contributed by atoms with Crippen LogP contribution in [0.2, 0.25) is 0 Å². The fourth-order valence-corrected chi connectivity index (χ4v) is 3.06. The van der Waals surface area contributed by atoms with Crippen LogP contribution in [0, 0.1) is 0 Å². The SMILES string of the molecule is CC(C)N(OCC(=O)OC(C)(C)C)c1cnc(-c2ccccc2)c(-c2ccccc2)n1. The molecule has 31 heavy (non-hydrogen) atoms. The van der Waals surface area contributed by atoms with E-state index in [1.165, 1.54) is 0 Å². The first-order chi connectivity index (χ1) is 14.7. The Morgan fingerprint density at radius 1 is 0.935 bits per heavy atom. The molecule has 0 amide bonds. The lowest BCUT2D eigenvalue weighted by Gasteiger charge is -2.27. The normalized spacial score (nSPS) is 11.4. The number of rotatable bonds is 7. The van der Waals surface area contributed by atoms with Crippen LogP contribution in [0.3, 0.4) is 0 Å². The summed E-state index contributed by atoms with van der Waals surface area (Å²) < 4.78 is 5.35. The third-order valence-electron chi connectivity index (χ3n) is 4.29. The molecule has 0 aliphatic heterocycles. The van der Waals surface area contributed by atoms with Crippen LogP contribution in [0.5, 0.6) is 0 Å². The highest BCUT2D eigenvalue weighted by molar-refractivity contribution is 5.78. The number of hydrogen-bond donors (Lipinski definition) is 0. The summed E-state index contributed by atoms with van der Waals surface area (Å²) in [5, 5.41) is 1.60. The molecule has 0 unspecified atom stereocenters. The van der Waals surface area contributed by atoms with E-state index in [9.17, 15) is 4.79 Å². The van der Waals surface area contributed by atoms with E-state index >= 15 is 0 Å². The van der Waals surface area contributed by atoms with Gasteiger partial charge in [0, 0.05) is 11.1 Å². The van der Waals surface area contributed by atoms with Gasteiger partial charge in [0.25, 0.3) is 0 Å². The lowest BCUT2D eigenvalue weighted by Crippen LogP contribution is -2.36. The third kappa shape index (κ3) is 6.12. The molecule has 2 aromatic carbocycles. The molecule has 0 fully saturated rings. The summed E-state index contributed by atoms with van der Waals surface area (Å²) in [6.45, 7) is 9.19. The molecule has 3 rings (SSSR count). The van der Waals surface area contributed by atoms with E-state index in [1.807, 2.05) is 95.3 Å². The Morgan fingerprint density at radius 2 is 1.48 bits per heavy atom. The van der Waals surface area contributed by atoms with E-state index in [4.69, 9.17) is 19.5 Å². The number of ether oxygens (including phenoxy) is 1. The zero-order valence-electron chi connectivity index (χ0n) is 18.7. The minimum Gasteiger partial charge on any atom is -0.458 e. The summed E-state index contributed by atoms with van der Waals surface area (Å²) in [5.74, 6) is 0.0902. The molecule has 0 atom stereocenters. The van der Waals surface area contributed by atoms with Gasteiger partial charge in [0.05, 0.1) is 23.6 Å². The second-order valence-electron chi connectivity index (χ2n) is 8.44. The number of hydrogen-bond acceptors (Lipinski definition) is 6. The minimum atomic E-state index is -0.569. The smallest absolute Gasteiger partial charge is 0.335 e. The van der Waals surface area contributed by atoms with Gasteiger partial charge in [-0.05, 0) is 34.6 Å². The lowest BCUT2D eigenvalue weighted by atomic mass is 10.0. The molecule has 1 heterocycles. The van der Waals surface area contributed by atoms with Crippen molar-refractivity contribution in [2.45, 2.75) is 46.3 Å². The third-order valence-corrected chi connectivity index (χ3v) is 4.29. The first kappa shape index (κ1) is 22.4. The Hall–Kier alpha value is -3.25. The van der Waals surface area contributed by atoms with Crippen LogP contribution in [0.25, 0.3) is 22.5 Å². The first-order valence-corrected chi connectivity index (χ1v) is 10.4. The van der Waals surface area contributed by atoms with Crippen LogP contribution in [-0.2, 0) is 14.4 Å². The number of esters is 1. The van der Waals surface area contributed by atoms with Gasteiger partial charge in [0.1, 0.15) is 5.60 Å². The van der Waals surface area contributed by atoms with Crippen molar-refractivity contribution in [3.8, 4) is 22.5 Å². The summed E-state index contributed by atoms with van der Waals surface area (Å²) in [6.07, 6.45) is 1.67. The van der Waals surface area contributed by atoms with Gasteiger partial charge in [-0.15, -0.1) is 0 Å². The monoisotopic (exact) mass is 419 g/mol. The first-order valence-electron chi connectivity index (χ1n) is 10.4. The summed E-state index contributed by atoms with van der Waals surface area (Å²) in [5.41, 5.74) is 2.89. The summed E-state index contributed by atoms with van der Waals surface area (Å²) in [7, 11) is 0. The van der Waals surface area contributed by atoms with Gasteiger partial charge in [-0.25, -0.2) is 14.8 Å². The standard InChI is InChI=1S/C25H29N3O3/c1-18(2)28(30-17-22(29)31-25(3,4)5)21-16-26-23(19-12-8-6-9-13-19)24(27-21)20-14-10-7-11-15-20/h6-16,18H,17H2,1-5H3. The van der Waals surface area contributed by atoms with Crippen LogP contribution >= 0.6 is 0 Å². The highest BCUT2D eigenvalue weighted by atomic mass is 16.7. The van der Waals surface area contributed by atoms with Crippen molar-refractivity contribution in [2.24, 2.45) is 0 Å². The van der Waals surface area contributed by atoms with Crippen molar-refractivity contribution >= 4 is 11.8 Å². The second-order valence-corrected chi connectivity index (χ2v) is 8.44. The molecule has 6 heteroatoms. The number of aromatic nitrogens is 2. The van der Waals surface area contributed by atoms with Crippen molar-refractivity contribution in [1.29, 1.82) is 0 Å². The van der Waals surface area contributed by atoms with E-state index in [1.54, 1.807) is 11.3 Å². The maximum atomic E-state index is 12.1. The van der Waals surface area contributed by atoms with E-state index in [0.717, 1.165) is 22.5 Å². The second kappa shape index (κ2) is 9.71. The molecular weight excluding hydrogens is 390 g/mol. The molecule has 0 bridgehead atoms. The molecule has 0 saturated heterocycles. The van der Waals surface area contributed by atoms with E-state index in [2.05, 4.69) is 0 Å². The number of benzene rings is 2. The van der Waals surface area contributed by atoms with Crippen LogP contribution < -0.4 is 5.06 Å². The van der Waals surface area contributed by atoms with E-state index in [-0.39, 0.29) is 12.6 Å². The van der Waals surface area contributed by atoms with Crippen molar-refractivity contribution in [3.63, 3.8) is 0 Å². The van der Waals surface area contributed by atoms with Crippen LogP contribution in [0.4, 0.5) is 5.82 Å². The number of hydroxylamine groups is 1. The van der Waals surface area contributed by atoms with Crippen molar-refractivity contribution in [3.05, 3.63) is 66.9 Å². The largest absolute Gasteiger partial charge is 0.458 e. The Morgan fingerprint density at radius 3 is 2.00 bits per heavy atom. The highest BCUT2D eigenvalue weighted by Gasteiger charge is 2.21. The van der Waals surface area contributed by atoms with Crippen LogP contribution in [-0.4, -0.2) is 34.2 Å². The Kier molecular flexibility index (Phi) is 7.02. The maximum Gasteiger partial charge on any atom is 0.335 e. The summed E-state index contributed by atoms with van der Waals surface area (Å²) in [6, 6.07) is 19.8. The minimum absolute atomic E-state index is 0.0667. The van der Waals surface area contributed by atoms with Crippen LogP contribution in [0.15, 0.2) is 66.9 Å². The van der Waals surface area contributed by atoms with Gasteiger partial charge in [-0.1, -0.05) is 60.7 Å². The quantitative estimate of drug-likeness (QED) is 0.383. The molecule has 1 aromatic heterocycles. The topological polar surface area (TPSA) is 64.5 Å². The zero-order chi connectivity index (χ0) is 22.4. The molecule has 0 saturated carbocycles. The van der Waals surface area contributed by atoms with Gasteiger partial charge < -0.3 is 4.74 Å². The number of nitrogens with zero attached hydrogens (tertiary/aromatic N) is 3. The molecule has 0 aliphatic carbocycles. The molecule has 0 aliphatic rings. The Labute approximate surface area is 183 Å². The fourth-order valence-electron chi connectivity index (χ4n) is 3.06. The Bertz CT molecular complexity index is 1000. The molecular formula is C25H29N3O3. The predicted molar refractivity (Wildman–Crippen MR) is 122 cm³/mol. The van der Waals surface area contributed by atoms with Gasteiger partial charge in [-0.3, -0.25) is 9.82 Å². The molecule has 3 aromatic rings. The average Bonchev–Trinajstić information content (AvgIpc) is 2.73. The van der Waals surface area contributed by atoms with E-state index in [0.29, 0.717) is 5.82 Å². The van der Waals surface area contributed by atoms with E-state index < -0.39 is 11.6 Å². The van der Waals surface area contributed by atoms with Crippen LogP contribution in [0.1, 0.15) is 34.6 Å². The number of anilines is 1. The fraction of sp³-hybridized carbons (Fsp3) is 0.320. The molecule has 162 valence electrons. The van der Waals surface area contributed by atoms with Crippen molar-refractivity contribution < 1.29 is 14.4 Å². The van der Waals surface area contributed by atoms with Gasteiger partial charge in [0.15, 0.2) is 12.4 Å². The van der Waals surface area contributed by atoms with Gasteiger partial charge in [0.2, 0.25) is 0 Å². The molecule has 0 radical (unpaired) electrons. The van der Waals surface area contributed by atoms with Gasteiger partial charge in [-0.2, -0.15) is 0 Å². The molecule has 0 spiro atoms. The molecule has 6 nitrogen and oxygen atoms in total. The lowest BCUT2D eigenvalue weighted by molar-refractivity contribution is -0.161. The summed E-state index contributed by atoms with van der Waals surface area (Å²) >= 11 is 0. The van der Waals surface area contributed by atoms with Gasteiger partial charge >= 0.3 is 5.97 Å². The number of carbonyl (C=O) groups excluding carboxylic acids is 1. The number of carbonyl (C=O) groups is 1. The molecule has 0 N–H and O–H groups in total. The van der Waals surface area contributed by atoms with Crippen molar-refractivity contribution in [2.75, 3.05) is 11.7 Å². The maximum absolute atomic E-state index is 12.1.